The molecule has 1 fully saturated rings. The Morgan fingerprint density at radius 1 is 1.00 bits per heavy atom. The van der Waals surface area contributed by atoms with Crippen LogP contribution in [0.2, 0.25) is 0 Å². The minimum atomic E-state index is -4.32. The number of halogens is 3. The van der Waals surface area contributed by atoms with Crippen molar-refractivity contribution in [2.45, 2.75) is 23.9 Å². The van der Waals surface area contributed by atoms with Crippen LogP contribution >= 0.6 is 10.0 Å². The van der Waals surface area contributed by atoms with E-state index in [0.29, 0.717) is 5.75 Å². The van der Waals surface area contributed by atoms with E-state index in [2.05, 4.69) is 6.26 Å². The van der Waals surface area contributed by atoms with Gasteiger partial charge in [-0.25, -0.2) is 10.0 Å². The Labute approximate surface area is 129 Å². The zero-order valence-electron chi connectivity index (χ0n) is 12.5. The quantitative estimate of drug-likeness (QED) is 0.736. The maximum absolute atomic E-state index is 12.4. The lowest BCUT2D eigenvalue weighted by atomic mass is 10.1. The van der Waals surface area contributed by atoms with Gasteiger partial charge in [-0.15, -0.1) is 0 Å². The molecule has 1 nitrogen and oxygen atoms in total. The summed E-state index contributed by atoms with van der Waals surface area (Å²) < 4.78 is 42.2. The van der Waals surface area contributed by atoms with E-state index in [-0.39, 0.29) is 0 Å². The first-order valence-electron chi connectivity index (χ1n) is 7.34. The van der Waals surface area contributed by atoms with Gasteiger partial charge >= 0.3 is 6.18 Å². The van der Waals surface area contributed by atoms with Crippen molar-refractivity contribution in [2.75, 3.05) is 24.4 Å². The van der Waals surface area contributed by atoms with Crippen LogP contribution in [0.3, 0.4) is 0 Å². The smallest absolute Gasteiger partial charge is 0.422 e. The van der Waals surface area contributed by atoms with Gasteiger partial charge in [-0.1, -0.05) is 24.3 Å². The highest BCUT2D eigenvalue weighted by atomic mass is 32.3. The molecule has 0 aromatic heterocycles. The van der Waals surface area contributed by atoms with Gasteiger partial charge in [-0.2, -0.15) is 13.2 Å². The number of hydrogen-bond donors (Lipinski definition) is 0. The first-order chi connectivity index (χ1) is 10.4. The SMILES string of the molecule is CS1(c2ccc(OCC(F)(F)F)c3ccccc23)CCCC1. The number of ether oxygens (including phenoxy) is 1. The van der Waals surface area contributed by atoms with Crippen molar-refractivity contribution in [1.29, 1.82) is 0 Å². The molecule has 0 atom stereocenters. The van der Waals surface area contributed by atoms with Crippen molar-refractivity contribution >= 4 is 20.8 Å². The number of rotatable bonds is 3. The molecular formula is C17H19F3OS. The van der Waals surface area contributed by atoms with Crippen LogP contribution in [0.15, 0.2) is 41.3 Å². The van der Waals surface area contributed by atoms with Crippen LogP contribution in [0.25, 0.3) is 10.8 Å². The second kappa shape index (κ2) is 5.69. The molecule has 0 spiro atoms. The van der Waals surface area contributed by atoms with Crippen molar-refractivity contribution in [1.82, 2.24) is 0 Å². The standard InChI is InChI=1S/C17H19F3OS/c1-22(10-4-5-11-22)16-9-8-15(21-12-17(18,19)20)13-6-2-3-7-14(13)16/h2-3,6-9H,4-5,10-12H2,1H3. The molecule has 3 rings (SSSR count). The maximum Gasteiger partial charge on any atom is 0.422 e. The van der Waals surface area contributed by atoms with E-state index in [1.807, 2.05) is 30.3 Å². The van der Waals surface area contributed by atoms with Gasteiger partial charge in [-0.05, 0) is 53.0 Å². The second-order valence-electron chi connectivity index (χ2n) is 5.90. The van der Waals surface area contributed by atoms with Crippen LogP contribution in [0.5, 0.6) is 5.75 Å². The zero-order chi connectivity index (χ0) is 15.8. The Bertz CT molecular complexity index is 675. The summed E-state index contributed by atoms with van der Waals surface area (Å²) in [6.07, 6.45) is 0.499. The van der Waals surface area contributed by atoms with Gasteiger partial charge in [0.1, 0.15) is 5.75 Å². The van der Waals surface area contributed by atoms with Gasteiger partial charge in [0.05, 0.1) is 0 Å². The normalized spacial score (nSPS) is 19.3. The van der Waals surface area contributed by atoms with Crippen LogP contribution in [0.4, 0.5) is 13.2 Å². The monoisotopic (exact) mass is 328 g/mol. The Morgan fingerprint density at radius 3 is 2.27 bits per heavy atom. The Morgan fingerprint density at radius 2 is 1.64 bits per heavy atom. The molecular weight excluding hydrogens is 309 g/mol. The summed E-state index contributed by atoms with van der Waals surface area (Å²) in [5.41, 5.74) is 0. The molecule has 0 bridgehead atoms. The fraction of sp³-hybridized carbons (Fsp3) is 0.412. The second-order valence-corrected chi connectivity index (χ2v) is 9.71. The van der Waals surface area contributed by atoms with Gasteiger partial charge in [-0.3, -0.25) is 0 Å². The van der Waals surface area contributed by atoms with Crippen molar-refractivity contribution < 1.29 is 17.9 Å². The number of alkyl halides is 3. The molecule has 0 saturated carbocycles. The molecule has 0 unspecified atom stereocenters. The third kappa shape index (κ3) is 3.05. The lowest BCUT2D eigenvalue weighted by molar-refractivity contribution is -0.153. The van der Waals surface area contributed by atoms with Crippen molar-refractivity contribution in [3.05, 3.63) is 36.4 Å². The van der Waals surface area contributed by atoms with E-state index in [9.17, 15) is 13.2 Å². The average Bonchev–Trinajstić information content (AvgIpc) is 2.91. The van der Waals surface area contributed by atoms with Gasteiger partial charge in [0, 0.05) is 5.39 Å². The van der Waals surface area contributed by atoms with E-state index in [1.165, 1.54) is 29.2 Å². The summed E-state index contributed by atoms with van der Waals surface area (Å²) in [6, 6.07) is 11.3. The van der Waals surface area contributed by atoms with E-state index < -0.39 is 22.8 Å². The number of benzene rings is 2. The summed E-state index contributed by atoms with van der Waals surface area (Å²) in [6.45, 7) is -1.25. The van der Waals surface area contributed by atoms with Crippen LogP contribution in [-0.4, -0.2) is 30.5 Å². The molecule has 0 amide bonds. The van der Waals surface area contributed by atoms with Gasteiger partial charge in [0.15, 0.2) is 6.61 Å². The molecule has 5 heteroatoms. The molecule has 1 heterocycles. The summed E-state index contributed by atoms with van der Waals surface area (Å²) in [7, 11) is -0.847. The Kier molecular flexibility index (Phi) is 4.02. The minimum absolute atomic E-state index is 0.317. The van der Waals surface area contributed by atoms with Gasteiger partial charge < -0.3 is 4.74 Å². The van der Waals surface area contributed by atoms with E-state index in [0.717, 1.165) is 10.8 Å². The third-order valence-corrected chi connectivity index (χ3v) is 8.00. The molecule has 22 heavy (non-hydrogen) atoms. The molecule has 120 valence electrons. The predicted molar refractivity (Wildman–Crippen MR) is 86.2 cm³/mol. The third-order valence-electron chi connectivity index (χ3n) is 4.21. The van der Waals surface area contributed by atoms with Crippen LogP contribution in [0.1, 0.15) is 12.8 Å². The predicted octanol–water partition coefficient (Wildman–Crippen LogP) is 5.37. The molecule has 1 aliphatic rings. The summed E-state index contributed by atoms with van der Waals surface area (Å²) in [5.74, 6) is 2.73. The molecule has 2 aromatic carbocycles. The molecule has 1 aliphatic heterocycles. The molecule has 0 aliphatic carbocycles. The highest BCUT2D eigenvalue weighted by molar-refractivity contribution is 8.33. The molecule has 1 saturated heterocycles. The van der Waals surface area contributed by atoms with E-state index in [1.54, 1.807) is 6.07 Å². The minimum Gasteiger partial charge on any atom is -0.483 e. The summed E-state index contributed by atoms with van der Waals surface area (Å²) in [4.78, 5) is 1.31. The molecule has 2 aromatic rings. The van der Waals surface area contributed by atoms with Gasteiger partial charge in [0.2, 0.25) is 0 Å². The van der Waals surface area contributed by atoms with E-state index >= 15 is 0 Å². The van der Waals surface area contributed by atoms with Crippen molar-refractivity contribution in [3.8, 4) is 5.75 Å². The van der Waals surface area contributed by atoms with Crippen LogP contribution in [0, 0.1) is 0 Å². The molecule has 0 radical (unpaired) electrons. The maximum atomic E-state index is 12.4. The number of hydrogen-bond acceptors (Lipinski definition) is 1. The largest absolute Gasteiger partial charge is 0.483 e. The lowest BCUT2D eigenvalue weighted by Gasteiger charge is -2.32. The van der Waals surface area contributed by atoms with E-state index in [4.69, 9.17) is 4.74 Å². The Hall–Kier alpha value is -1.36. The highest BCUT2D eigenvalue weighted by Crippen LogP contribution is 2.59. The van der Waals surface area contributed by atoms with Crippen molar-refractivity contribution in [2.24, 2.45) is 0 Å². The summed E-state index contributed by atoms with van der Waals surface area (Å²) in [5, 5.41) is 1.83. The fourth-order valence-electron chi connectivity index (χ4n) is 3.12. The first kappa shape index (κ1) is 15.5. The first-order valence-corrected chi connectivity index (χ1v) is 9.72. The van der Waals surface area contributed by atoms with Crippen molar-refractivity contribution in [3.63, 3.8) is 0 Å². The number of fused-ring (bicyclic) bond motifs is 1. The fourth-order valence-corrected chi connectivity index (χ4v) is 6.55. The highest BCUT2D eigenvalue weighted by Gasteiger charge is 2.30. The van der Waals surface area contributed by atoms with Crippen LogP contribution in [-0.2, 0) is 0 Å². The zero-order valence-corrected chi connectivity index (χ0v) is 13.3. The summed E-state index contributed by atoms with van der Waals surface area (Å²) >= 11 is 0. The van der Waals surface area contributed by atoms with Gasteiger partial charge in [0.25, 0.3) is 0 Å². The topological polar surface area (TPSA) is 9.23 Å². The average molecular weight is 328 g/mol. The molecule has 0 N–H and O–H groups in total. The Balaban J connectivity index is 2.04. The van der Waals surface area contributed by atoms with Crippen LogP contribution < -0.4 is 4.74 Å². The lowest BCUT2D eigenvalue weighted by Crippen LogP contribution is -2.19.